The molecule has 0 spiro atoms. The van der Waals surface area contributed by atoms with Crippen molar-refractivity contribution in [2.45, 2.75) is 16.7 Å². The first-order valence-electron chi connectivity index (χ1n) is 4.67. The van der Waals surface area contributed by atoms with Gasteiger partial charge in [0.15, 0.2) is 5.03 Å². The Morgan fingerprint density at radius 2 is 2.33 bits per heavy atom. The quantitative estimate of drug-likeness (QED) is 0.882. The predicted molar refractivity (Wildman–Crippen MR) is 60.4 cm³/mol. The van der Waals surface area contributed by atoms with Crippen molar-refractivity contribution in [2.24, 2.45) is 0 Å². The number of hydrogen-bond donors (Lipinski definition) is 1. The summed E-state index contributed by atoms with van der Waals surface area (Å²) in [6.07, 6.45) is 2.16. The topological polar surface area (TPSA) is 59.1 Å². The summed E-state index contributed by atoms with van der Waals surface area (Å²) in [4.78, 5) is 3.93. The molecule has 82 valence electrons. The van der Waals surface area contributed by atoms with E-state index in [9.17, 15) is 8.42 Å². The first-order chi connectivity index (χ1) is 7.12. The van der Waals surface area contributed by atoms with Gasteiger partial charge in [0.25, 0.3) is 0 Å². The van der Waals surface area contributed by atoms with Crippen LogP contribution in [0.15, 0.2) is 27.8 Å². The number of rotatable bonds is 2. The Balaban J connectivity index is 2.41. The second-order valence-corrected chi connectivity index (χ2v) is 6.45. The predicted octanol–water partition coefficient (Wildman–Crippen LogP) is 0.980. The van der Waals surface area contributed by atoms with Gasteiger partial charge >= 0.3 is 0 Å². The van der Waals surface area contributed by atoms with E-state index in [4.69, 9.17) is 0 Å². The Hall–Kier alpha value is -0.460. The van der Waals surface area contributed by atoms with Gasteiger partial charge < -0.3 is 5.32 Å². The summed E-state index contributed by atoms with van der Waals surface area (Å²) in [5.74, 6) is 0. The lowest BCUT2D eigenvalue weighted by Crippen LogP contribution is -2.25. The Bertz CT molecular complexity index is 455. The number of halogens is 1. The fraction of sp³-hybridized carbons (Fsp3) is 0.444. The summed E-state index contributed by atoms with van der Waals surface area (Å²) in [5.41, 5.74) is 0. The Morgan fingerprint density at radius 3 is 2.93 bits per heavy atom. The Morgan fingerprint density at radius 1 is 1.53 bits per heavy atom. The molecule has 1 aromatic heterocycles. The van der Waals surface area contributed by atoms with Gasteiger partial charge in [0.1, 0.15) is 0 Å². The molecule has 15 heavy (non-hydrogen) atoms. The SMILES string of the molecule is O=S(=O)(c1ncccc1Br)C1CCNC1. The standard InChI is InChI=1S/C9H11BrN2O2S/c10-8-2-1-4-12-9(8)15(13,14)7-3-5-11-6-7/h1-2,4,7,11H,3,5-6H2. The monoisotopic (exact) mass is 290 g/mol. The molecule has 1 fully saturated rings. The van der Waals surface area contributed by atoms with E-state index in [1.807, 2.05) is 0 Å². The largest absolute Gasteiger partial charge is 0.315 e. The summed E-state index contributed by atoms with van der Waals surface area (Å²) in [5, 5.41) is 2.85. The third kappa shape index (κ3) is 2.07. The van der Waals surface area contributed by atoms with E-state index in [0.717, 1.165) is 6.54 Å². The zero-order valence-electron chi connectivity index (χ0n) is 7.98. The van der Waals surface area contributed by atoms with Crippen molar-refractivity contribution in [1.29, 1.82) is 0 Å². The summed E-state index contributed by atoms with van der Waals surface area (Å²) in [6, 6.07) is 3.40. The molecule has 0 bridgehead atoms. The maximum absolute atomic E-state index is 12.1. The van der Waals surface area contributed by atoms with Gasteiger partial charge in [0.05, 0.1) is 9.72 Å². The summed E-state index contributed by atoms with van der Waals surface area (Å²) in [7, 11) is -3.29. The van der Waals surface area contributed by atoms with E-state index in [-0.39, 0.29) is 10.3 Å². The van der Waals surface area contributed by atoms with E-state index in [1.54, 1.807) is 12.1 Å². The van der Waals surface area contributed by atoms with Gasteiger partial charge in [-0.1, -0.05) is 0 Å². The minimum atomic E-state index is -3.29. The van der Waals surface area contributed by atoms with E-state index >= 15 is 0 Å². The second kappa shape index (κ2) is 4.19. The average Bonchev–Trinajstić information content (AvgIpc) is 2.71. The van der Waals surface area contributed by atoms with Crippen LogP contribution in [-0.4, -0.2) is 31.7 Å². The first kappa shape index (κ1) is 11.0. The second-order valence-electron chi connectivity index (χ2n) is 3.45. The van der Waals surface area contributed by atoms with E-state index in [2.05, 4.69) is 26.2 Å². The van der Waals surface area contributed by atoms with Gasteiger partial charge in [-0.15, -0.1) is 0 Å². The molecule has 0 aliphatic carbocycles. The van der Waals surface area contributed by atoms with Gasteiger partial charge in [-0.25, -0.2) is 13.4 Å². The molecule has 6 heteroatoms. The molecule has 1 saturated heterocycles. The van der Waals surface area contributed by atoms with Gasteiger partial charge in [0, 0.05) is 12.7 Å². The van der Waals surface area contributed by atoms with Gasteiger partial charge in [-0.05, 0) is 41.0 Å². The molecule has 1 aromatic rings. The lowest BCUT2D eigenvalue weighted by atomic mass is 10.4. The number of hydrogen-bond acceptors (Lipinski definition) is 4. The third-order valence-corrected chi connectivity index (χ3v) is 5.49. The zero-order valence-corrected chi connectivity index (χ0v) is 10.4. The van der Waals surface area contributed by atoms with Gasteiger partial charge in [-0.2, -0.15) is 0 Å². The van der Waals surface area contributed by atoms with Crippen LogP contribution >= 0.6 is 15.9 Å². The van der Waals surface area contributed by atoms with Crippen LogP contribution in [0.2, 0.25) is 0 Å². The number of nitrogens with zero attached hydrogens (tertiary/aromatic N) is 1. The van der Waals surface area contributed by atoms with Crippen molar-refractivity contribution >= 4 is 25.8 Å². The summed E-state index contributed by atoms with van der Waals surface area (Å²) in [6.45, 7) is 1.28. The fourth-order valence-corrected chi connectivity index (χ4v) is 4.19. The van der Waals surface area contributed by atoms with E-state index in [1.165, 1.54) is 6.20 Å². The zero-order chi connectivity index (χ0) is 10.9. The number of nitrogens with one attached hydrogen (secondary N) is 1. The molecule has 1 atom stereocenters. The highest BCUT2D eigenvalue weighted by atomic mass is 79.9. The normalized spacial score (nSPS) is 21.8. The highest BCUT2D eigenvalue weighted by molar-refractivity contribution is 9.10. The van der Waals surface area contributed by atoms with Crippen LogP contribution in [0.1, 0.15) is 6.42 Å². The Kier molecular flexibility index (Phi) is 3.08. The minimum absolute atomic E-state index is 0.152. The fourth-order valence-electron chi connectivity index (χ4n) is 1.63. The van der Waals surface area contributed by atoms with Crippen molar-refractivity contribution in [3.8, 4) is 0 Å². The molecule has 1 unspecified atom stereocenters. The molecule has 1 N–H and O–H groups in total. The van der Waals surface area contributed by atoms with Crippen molar-refractivity contribution < 1.29 is 8.42 Å². The maximum atomic E-state index is 12.1. The summed E-state index contributed by atoms with van der Waals surface area (Å²) >= 11 is 3.22. The maximum Gasteiger partial charge on any atom is 0.200 e. The van der Waals surface area contributed by atoms with E-state index < -0.39 is 9.84 Å². The van der Waals surface area contributed by atoms with Crippen LogP contribution in [0.5, 0.6) is 0 Å². The van der Waals surface area contributed by atoms with Crippen LogP contribution in [0.3, 0.4) is 0 Å². The average molecular weight is 291 g/mol. The molecular formula is C9H11BrN2O2S. The van der Waals surface area contributed by atoms with Crippen LogP contribution in [0.4, 0.5) is 0 Å². The summed E-state index contributed by atoms with van der Waals surface area (Å²) < 4.78 is 24.8. The molecular weight excluding hydrogens is 280 g/mol. The van der Waals surface area contributed by atoms with Crippen molar-refractivity contribution in [1.82, 2.24) is 10.3 Å². The minimum Gasteiger partial charge on any atom is -0.315 e. The molecule has 4 nitrogen and oxygen atoms in total. The molecule has 1 aliphatic rings. The Labute approximate surface area is 97.1 Å². The molecule has 0 amide bonds. The number of aromatic nitrogens is 1. The first-order valence-corrected chi connectivity index (χ1v) is 7.01. The van der Waals surface area contributed by atoms with Gasteiger partial charge in [0.2, 0.25) is 9.84 Å². The van der Waals surface area contributed by atoms with Crippen LogP contribution in [0.25, 0.3) is 0 Å². The molecule has 0 aromatic carbocycles. The molecule has 2 heterocycles. The van der Waals surface area contributed by atoms with Crippen molar-refractivity contribution in [3.63, 3.8) is 0 Å². The van der Waals surface area contributed by atoms with E-state index in [0.29, 0.717) is 17.4 Å². The highest BCUT2D eigenvalue weighted by Crippen LogP contribution is 2.24. The van der Waals surface area contributed by atoms with Gasteiger partial charge in [-0.3, -0.25) is 0 Å². The molecule has 1 aliphatic heterocycles. The number of sulfone groups is 1. The van der Waals surface area contributed by atoms with Crippen molar-refractivity contribution in [2.75, 3.05) is 13.1 Å². The molecule has 0 radical (unpaired) electrons. The smallest absolute Gasteiger partial charge is 0.200 e. The lowest BCUT2D eigenvalue weighted by molar-refractivity contribution is 0.578. The van der Waals surface area contributed by atoms with Crippen LogP contribution in [0, 0.1) is 0 Å². The molecule has 2 rings (SSSR count). The van der Waals surface area contributed by atoms with Crippen LogP contribution < -0.4 is 5.32 Å². The molecule has 0 saturated carbocycles. The third-order valence-electron chi connectivity index (χ3n) is 2.45. The van der Waals surface area contributed by atoms with Crippen LogP contribution in [-0.2, 0) is 9.84 Å². The number of pyridine rings is 1. The van der Waals surface area contributed by atoms with Crippen molar-refractivity contribution in [3.05, 3.63) is 22.8 Å². The highest BCUT2D eigenvalue weighted by Gasteiger charge is 2.32. The lowest BCUT2D eigenvalue weighted by Gasteiger charge is -2.10.